The molecule has 1 aromatic heterocycles. The highest BCUT2D eigenvalue weighted by Gasteiger charge is 2.06. The second kappa shape index (κ2) is 5.91. The Morgan fingerprint density at radius 2 is 1.94 bits per heavy atom. The zero-order valence-electron chi connectivity index (χ0n) is 10.5. The van der Waals surface area contributed by atoms with E-state index >= 15 is 0 Å². The summed E-state index contributed by atoms with van der Waals surface area (Å²) in [6.45, 7) is 4.98. The molecular weight excluding hydrogens is 249 g/mol. The molecule has 0 saturated heterocycles. The summed E-state index contributed by atoms with van der Waals surface area (Å²) in [5.74, 6) is 0.215. The minimum atomic E-state index is -0.197. The summed E-state index contributed by atoms with van der Waals surface area (Å²) < 4.78 is 12.7. The van der Waals surface area contributed by atoms with E-state index in [0.717, 1.165) is 28.7 Å². The number of aromatic nitrogens is 2. The summed E-state index contributed by atoms with van der Waals surface area (Å²) in [5.41, 5.74) is 1.11. The molecule has 0 aliphatic heterocycles. The molecule has 0 unspecified atom stereocenters. The Kier molecular flexibility index (Phi) is 4.25. The van der Waals surface area contributed by atoms with Crippen molar-refractivity contribution in [3.8, 4) is 0 Å². The minimum absolute atomic E-state index is 0.197. The lowest BCUT2D eigenvalue weighted by Crippen LogP contribution is -2.04. The molecule has 2 rings (SSSR count). The Balaban J connectivity index is 1.82. The van der Waals surface area contributed by atoms with Crippen molar-refractivity contribution in [2.45, 2.75) is 26.2 Å². The maximum atomic E-state index is 12.7. The molecule has 5 heteroatoms. The van der Waals surface area contributed by atoms with Gasteiger partial charge in [-0.1, -0.05) is 37.3 Å². The largest absolute Gasteiger partial charge is 0.360 e. The van der Waals surface area contributed by atoms with Gasteiger partial charge in [0.15, 0.2) is 0 Å². The van der Waals surface area contributed by atoms with E-state index in [1.54, 1.807) is 23.5 Å². The van der Waals surface area contributed by atoms with E-state index < -0.39 is 0 Å². The number of anilines is 1. The quantitative estimate of drug-likeness (QED) is 0.899. The van der Waals surface area contributed by atoms with Crippen LogP contribution < -0.4 is 5.32 Å². The van der Waals surface area contributed by atoms with Crippen molar-refractivity contribution in [1.82, 2.24) is 10.2 Å². The molecule has 96 valence electrons. The van der Waals surface area contributed by atoms with Crippen molar-refractivity contribution in [2.75, 3.05) is 11.9 Å². The molecule has 2 aromatic rings. The van der Waals surface area contributed by atoms with Crippen LogP contribution >= 0.6 is 11.3 Å². The summed E-state index contributed by atoms with van der Waals surface area (Å²) >= 11 is 1.59. The highest BCUT2D eigenvalue weighted by molar-refractivity contribution is 7.15. The molecular formula is C13H16FN3S. The summed E-state index contributed by atoms with van der Waals surface area (Å²) in [4.78, 5) is 0. The molecule has 3 nitrogen and oxygen atoms in total. The Labute approximate surface area is 110 Å². The van der Waals surface area contributed by atoms with Gasteiger partial charge < -0.3 is 5.32 Å². The van der Waals surface area contributed by atoms with E-state index in [4.69, 9.17) is 0 Å². The monoisotopic (exact) mass is 265 g/mol. The lowest BCUT2D eigenvalue weighted by atomic mass is 10.1. The number of rotatable bonds is 5. The van der Waals surface area contributed by atoms with Crippen LogP contribution in [0.5, 0.6) is 0 Å². The van der Waals surface area contributed by atoms with Gasteiger partial charge >= 0.3 is 0 Å². The third-order valence-corrected chi connectivity index (χ3v) is 3.72. The smallest absolute Gasteiger partial charge is 0.205 e. The van der Waals surface area contributed by atoms with Gasteiger partial charge in [-0.2, -0.15) is 0 Å². The highest BCUT2D eigenvalue weighted by Crippen LogP contribution is 2.22. The minimum Gasteiger partial charge on any atom is -0.360 e. The third kappa shape index (κ3) is 3.50. The fraction of sp³-hybridized carbons (Fsp3) is 0.385. The van der Waals surface area contributed by atoms with Crippen molar-refractivity contribution < 1.29 is 4.39 Å². The molecule has 0 aliphatic rings. The summed E-state index contributed by atoms with van der Waals surface area (Å²) in [6.07, 6.45) is 0.844. The van der Waals surface area contributed by atoms with Gasteiger partial charge in [0.1, 0.15) is 10.8 Å². The van der Waals surface area contributed by atoms with Crippen LogP contribution in [0.25, 0.3) is 0 Å². The van der Waals surface area contributed by atoms with E-state index in [9.17, 15) is 4.39 Å². The molecule has 1 N–H and O–H groups in total. The topological polar surface area (TPSA) is 37.8 Å². The second-order valence-electron chi connectivity index (χ2n) is 4.40. The lowest BCUT2D eigenvalue weighted by Gasteiger charge is -2.02. The Morgan fingerprint density at radius 1 is 1.22 bits per heavy atom. The first kappa shape index (κ1) is 13.0. The van der Waals surface area contributed by atoms with Crippen molar-refractivity contribution in [2.24, 2.45) is 0 Å². The SMILES string of the molecule is CC(C)c1nnc(NCCc2ccc(F)cc2)s1. The molecule has 0 bridgehead atoms. The first-order chi connectivity index (χ1) is 8.65. The Hall–Kier alpha value is -1.49. The molecule has 0 atom stereocenters. The number of hydrogen-bond acceptors (Lipinski definition) is 4. The van der Waals surface area contributed by atoms with Gasteiger partial charge in [0.2, 0.25) is 5.13 Å². The van der Waals surface area contributed by atoms with Gasteiger partial charge in [0.05, 0.1) is 0 Å². The Morgan fingerprint density at radius 3 is 2.56 bits per heavy atom. The molecule has 0 fully saturated rings. The second-order valence-corrected chi connectivity index (χ2v) is 5.41. The van der Waals surface area contributed by atoms with Gasteiger partial charge in [-0.3, -0.25) is 0 Å². The normalized spacial score (nSPS) is 10.9. The molecule has 18 heavy (non-hydrogen) atoms. The molecule has 1 heterocycles. The summed E-state index contributed by atoms with van der Waals surface area (Å²) in [6, 6.07) is 6.57. The standard InChI is InChI=1S/C13H16FN3S/c1-9(2)12-16-17-13(18-12)15-8-7-10-3-5-11(14)6-4-10/h3-6,9H,7-8H2,1-2H3,(H,15,17). The van der Waals surface area contributed by atoms with Gasteiger partial charge in [0.25, 0.3) is 0 Å². The average molecular weight is 265 g/mol. The van der Waals surface area contributed by atoms with Crippen LogP contribution in [0.2, 0.25) is 0 Å². The lowest BCUT2D eigenvalue weighted by molar-refractivity contribution is 0.627. The van der Waals surface area contributed by atoms with Gasteiger partial charge in [-0.25, -0.2) is 4.39 Å². The van der Waals surface area contributed by atoms with Crippen molar-refractivity contribution in [3.05, 3.63) is 40.7 Å². The first-order valence-electron chi connectivity index (χ1n) is 5.97. The molecule has 1 aromatic carbocycles. The fourth-order valence-corrected chi connectivity index (χ4v) is 2.28. The molecule has 0 spiro atoms. The third-order valence-electron chi connectivity index (χ3n) is 2.54. The highest BCUT2D eigenvalue weighted by atomic mass is 32.1. The summed E-state index contributed by atoms with van der Waals surface area (Å²) in [5, 5.41) is 13.3. The summed E-state index contributed by atoms with van der Waals surface area (Å²) in [7, 11) is 0. The van der Waals surface area contributed by atoms with E-state index in [1.807, 2.05) is 0 Å². The number of nitrogens with one attached hydrogen (secondary N) is 1. The van der Waals surface area contributed by atoms with Gasteiger partial charge in [-0.15, -0.1) is 10.2 Å². The van der Waals surface area contributed by atoms with Gasteiger partial charge in [0, 0.05) is 12.5 Å². The first-order valence-corrected chi connectivity index (χ1v) is 6.78. The predicted octanol–water partition coefficient (Wildman–Crippen LogP) is 3.46. The molecule has 0 radical (unpaired) electrons. The van der Waals surface area contributed by atoms with Crippen LogP contribution in [-0.2, 0) is 6.42 Å². The molecule has 0 aliphatic carbocycles. The average Bonchev–Trinajstić information content (AvgIpc) is 2.81. The van der Waals surface area contributed by atoms with E-state index in [1.165, 1.54) is 12.1 Å². The number of halogens is 1. The predicted molar refractivity (Wildman–Crippen MR) is 72.6 cm³/mol. The number of benzene rings is 1. The zero-order valence-corrected chi connectivity index (χ0v) is 11.3. The van der Waals surface area contributed by atoms with Crippen molar-refractivity contribution >= 4 is 16.5 Å². The number of nitrogens with zero attached hydrogens (tertiary/aromatic N) is 2. The van der Waals surface area contributed by atoms with Crippen molar-refractivity contribution in [1.29, 1.82) is 0 Å². The van der Waals surface area contributed by atoms with E-state index in [-0.39, 0.29) is 5.82 Å². The van der Waals surface area contributed by atoms with Crippen LogP contribution in [0.15, 0.2) is 24.3 Å². The molecule has 0 amide bonds. The maximum Gasteiger partial charge on any atom is 0.205 e. The van der Waals surface area contributed by atoms with Crippen LogP contribution in [0, 0.1) is 5.82 Å². The fourth-order valence-electron chi connectivity index (χ4n) is 1.50. The zero-order chi connectivity index (χ0) is 13.0. The molecule has 0 saturated carbocycles. The maximum absolute atomic E-state index is 12.7. The van der Waals surface area contributed by atoms with Crippen molar-refractivity contribution in [3.63, 3.8) is 0 Å². The van der Waals surface area contributed by atoms with Crippen LogP contribution in [-0.4, -0.2) is 16.7 Å². The van der Waals surface area contributed by atoms with Crippen LogP contribution in [0.3, 0.4) is 0 Å². The van der Waals surface area contributed by atoms with E-state index in [2.05, 4.69) is 29.4 Å². The van der Waals surface area contributed by atoms with Crippen LogP contribution in [0.4, 0.5) is 9.52 Å². The number of hydrogen-bond donors (Lipinski definition) is 1. The van der Waals surface area contributed by atoms with Crippen LogP contribution in [0.1, 0.15) is 30.3 Å². The Bertz CT molecular complexity index is 493. The van der Waals surface area contributed by atoms with E-state index in [0.29, 0.717) is 5.92 Å². The van der Waals surface area contributed by atoms with Gasteiger partial charge in [-0.05, 0) is 24.1 Å².